The van der Waals surface area contributed by atoms with E-state index < -0.39 is 27.9 Å². The molecule has 8 heteroatoms. The summed E-state index contributed by atoms with van der Waals surface area (Å²) in [6, 6.07) is 5.16. The molecule has 1 aliphatic heterocycles. The maximum Gasteiger partial charge on any atom is 0.306 e. The van der Waals surface area contributed by atoms with Crippen molar-refractivity contribution in [3.63, 3.8) is 0 Å². The Kier molecular flexibility index (Phi) is 4.48. The van der Waals surface area contributed by atoms with Gasteiger partial charge in [-0.25, -0.2) is 4.39 Å². The summed E-state index contributed by atoms with van der Waals surface area (Å²) in [5, 5.41) is 8.93. The molecule has 1 N–H and O–H groups in total. The molecule has 0 aliphatic carbocycles. The van der Waals surface area contributed by atoms with Gasteiger partial charge in [-0.2, -0.15) is 12.7 Å². The summed E-state index contributed by atoms with van der Waals surface area (Å²) in [4.78, 5) is 10.9. The quantitative estimate of drug-likeness (QED) is 0.908. The average molecular weight is 316 g/mol. The van der Waals surface area contributed by atoms with Crippen molar-refractivity contribution in [1.82, 2.24) is 4.31 Å². The summed E-state index contributed by atoms with van der Waals surface area (Å²) >= 11 is 0. The summed E-state index contributed by atoms with van der Waals surface area (Å²) in [6.45, 7) is 0.343. The number of hydrogen-bond acceptors (Lipinski definition) is 3. The van der Waals surface area contributed by atoms with Gasteiger partial charge in [0.15, 0.2) is 0 Å². The van der Waals surface area contributed by atoms with Crippen molar-refractivity contribution < 1.29 is 22.7 Å². The van der Waals surface area contributed by atoms with E-state index in [0.29, 0.717) is 18.5 Å². The minimum absolute atomic E-state index is 0.171. The lowest BCUT2D eigenvalue weighted by Gasteiger charge is -2.33. The van der Waals surface area contributed by atoms with Crippen molar-refractivity contribution in [2.24, 2.45) is 5.92 Å². The van der Waals surface area contributed by atoms with Crippen LogP contribution < -0.4 is 4.31 Å². The summed E-state index contributed by atoms with van der Waals surface area (Å²) < 4.78 is 40.1. The van der Waals surface area contributed by atoms with E-state index in [1.807, 2.05) is 0 Å². The van der Waals surface area contributed by atoms with E-state index in [4.69, 9.17) is 5.11 Å². The molecule has 0 spiro atoms. The van der Waals surface area contributed by atoms with Crippen molar-refractivity contribution in [2.75, 3.05) is 24.4 Å². The monoisotopic (exact) mass is 316 g/mol. The Labute approximate surface area is 123 Å². The molecule has 0 bridgehead atoms. The molecule has 0 aromatic heterocycles. The van der Waals surface area contributed by atoms with E-state index in [-0.39, 0.29) is 13.1 Å². The molecule has 0 unspecified atom stereocenters. The van der Waals surface area contributed by atoms with Crippen LogP contribution in [0.2, 0.25) is 0 Å². The molecule has 21 heavy (non-hydrogen) atoms. The number of carboxylic acids is 1. The Balaban J connectivity index is 2.11. The average Bonchev–Trinajstić information content (AvgIpc) is 2.47. The van der Waals surface area contributed by atoms with E-state index >= 15 is 0 Å². The van der Waals surface area contributed by atoms with Gasteiger partial charge in [0.25, 0.3) is 0 Å². The summed E-state index contributed by atoms with van der Waals surface area (Å²) in [6.07, 6.45) is 0.595. The number of hydrogen-bond donors (Lipinski definition) is 1. The molecule has 116 valence electrons. The lowest BCUT2D eigenvalue weighted by atomic mass is 9.99. The predicted molar refractivity (Wildman–Crippen MR) is 75.7 cm³/mol. The van der Waals surface area contributed by atoms with Crippen molar-refractivity contribution in [3.8, 4) is 0 Å². The van der Waals surface area contributed by atoms with E-state index in [0.717, 1.165) is 4.31 Å². The number of halogens is 1. The third-order valence-electron chi connectivity index (χ3n) is 3.67. The van der Waals surface area contributed by atoms with Crippen molar-refractivity contribution in [2.45, 2.75) is 12.8 Å². The lowest BCUT2D eigenvalue weighted by molar-refractivity contribution is -0.142. The minimum atomic E-state index is -3.73. The molecule has 0 amide bonds. The topological polar surface area (TPSA) is 77.9 Å². The summed E-state index contributed by atoms with van der Waals surface area (Å²) in [5.74, 6) is -1.82. The van der Waals surface area contributed by atoms with E-state index in [2.05, 4.69) is 0 Å². The number of nitrogens with zero attached hydrogens (tertiary/aromatic N) is 2. The third-order valence-corrected chi connectivity index (χ3v) is 5.59. The van der Waals surface area contributed by atoms with Crippen LogP contribution in [0.3, 0.4) is 0 Å². The summed E-state index contributed by atoms with van der Waals surface area (Å²) in [7, 11) is -2.33. The molecule has 0 radical (unpaired) electrons. The van der Waals surface area contributed by atoms with Crippen LogP contribution in [0, 0.1) is 11.7 Å². The second-order valence-electron chi connectivity index (χ2n) is 4.96. The van der Waals surface area contributed by atoms with Crippen LogP contribution in [-0.4, -0.2) is 43.9 Å². The molecule has 1 saturated heterocycles. The smallest absolute Gasteiger partial charge is 0.306 e. The molecule has 0 atom stereocenters. The Bertz CT molecular complexity index is 610. The SMILES string of the molecule is CN(c1ccc(F)cc1)S(=O)(=O)N1CCC(C(=O)O)CC1. The van der Waals surface area contributed by atoms with Gasteiger partial charge < -0.3 is 5.11 Å². The molecule has 1 aromatic carbocycles. The Morgan fingerprint density at radius 1 is 1.29 bits per heavy atom. The fourth-order valence-corrected chi connectivity index (χ4v) is 3.70. The molecule has 0 saturated carbocycles. The fourth-order valence-electron chi connectivity index (χ4n) is 2.29. The van der Waals surface area contributed by atoms with Gasteiger partial charge in [-0.1, -0.05) is 0 Å². The van der Waals surface area contributed by atoms with Gasteiger partial charge in [-0.05, 0) is 37.1 Å². The molecular formula is C13H17FN2O4S. The van der Waals surface area contributed by atoms with Gasteiger partial charge in [0, 0.05) is 20.1 Å². The van der Waals surface area contributed by atoms with Gasteiger partial charge in [-0.3, -0.25) is 9.10 Å². The van der Waals surface area contributed by atoms with Crippen molar-refractivity contribution in [1.29, 1.82) is 0 Å². The van der Waals surface area contributed by atoms with Gasteiger partial charge in [0.1, 0.15) is 5.82 Å². The molecule has 1 aromatic rings. The van der Waals surface area contributed by atoms with Crippen LogP contribution in [0.4, 0.5) is 10.1 Å². The molecule has 1 heterocycles. The number of benzene rings is 1. The highest BCUT2D eigenvalue weighted by atomic mass is 32.2. The fraction of sp³-hybridized carbons (Fsp3) is 0.462. The van der Waals surface area contributed by atoms with E-state index in [1.54, 1.807) is 0 Å². The van der Waals surface area contributed by atoms with Crippen molar-refractivity contribution in [3.05, 3.63) is 30.1 Å². The second kappa shape index (κ2) is 5.98. The normalized spacial score (nSPS) is 17.6. The zero-order chi connectivity index (χ0) is 15.6. The van der Waals surface area contributed by atoms with Gasteiger partial charge >= 0.3 is 16.2 Å². The number of carboxylic acid groups (broad SMARTS) is 1. The Hall–Kier alpha value is -1.67. The molecule has 6 nitrogen and oxygen atoms in total. The van der Waals surface area contributed by atoms with Gasteiger partial charge in [-0.15, -0.1) is 0 Å². The first kappa shape index (κ1) is 15.7. The van der Waals surface area contributed by atoms with Crippen LogP contribution >= 0.6 is 0 Å². The Morgan fingerprint density at radius 2 is 1.81 bits per heavy atom. The number of carbonyl (C=O) groups is 1. The Morgan fingerprint density at radius 3 is 2.29 bits per heavy atom. The number of rotatable bonds is 4. The zero-order valence-electron chi connectivity index (χ0n) is 11.6. The number of piperidine rings is 1. The van der Waals surface area contributed by atoms with E-state index in [1.165, 1.54) is 35.6 Å². The van der Waals surface area contributed by atoms with Gasteiger partial charge in [0.2, 0.25) is 0 Å². The number of aliphatic carboxylic acids is 1. The highest BCUT2D eigenvalue weighted by molar-refractivity contribution is 7.90. The second-order valence-corrected chi connectivity index (χ2v) is 6.92. The van der Waals surface area contributed by atoms with Crippen LogP contribution in [0.25, 0.3) is 0 Å². The standard InChI is InChI=1S/C13H17FN2O4S/c1-15(12-4-2-11(14)3-5-12)21(19,20)16-8-6-10(7-9-16)13(17)18/h2-5,10H,6-9H2,1H3,(H,17,18). The van der Waals surface area contributed by atoms with E-state index in [9.17, 15) is 17.6 Å². The lowest BCUT2D eigenvalue weighted by Crippen LogP contribution is -2.46. The maximum absolute atomic E-state index is 12.9. The van der Waals surface area contributed by atoms with Crippen LogP contribution in [-0.2, 0) is 15.0 Å². The largest absolute Gasteiger partial charge is 0.481 e. The first-order chi connectivity index (χ1) is 9.82. The highest BCUT2D eigenvalue weighted by Gasteiger charge is 2.33. The first-order valence-corrected chi connectivity index (χ1v) is 7.94. The zero-order valence-corrected chi connectivity index (χ0v) is 12.4. The number of anilines is 1. The molecule has 1 aliphatic rings. The molecule has 2 rings (SSSR count). The third kappa shape index (κ3) is 3.33. The van der Waals surface area contributed by atoms with Crippen LogP contribution in [0.5, 0.6) is 0 Å². The minimum Gasteiger partial charge on any atom is -0.481 e. The van der Waals surface area contributed by atoms with Crippen molar-refractivity contribution >= 4 is 21.9 Å². The molecule has 1 fully saturated rings. The molecular weight excluding hydrogens is 299 g/mol. The van der Waals surface area contributed by atoms with Crippen LogP contribution in [0.15, 0.2) is 24.3 Å². The maximum atomic E-state index is 12.9. The predicted octanol–water partition coefficient (Wildman–Crippen LogP) is 1.30. The summed E-state index contributed by atoms with van der Waals surface area (Å²) in [5.41, 5.74) is 0.358. The van der Waals surface area contributed by atoms with Crippen LogP contribution in [0.1, 0.15) is 12.8 Å². The van der Waals surface area contributed by atoms with Gasteiger partial charge in [0.05, 0.1) is 11.6 Å². The highest BCUT2D eigenvalue weighted by Crippen LogP contribution is 2.24. The first-order valence-electron chi connectivity index (χ1n) is 6.55.